The van der Waals surface area contributed by atoms with E-state index < -0.39 is 0 Å². The second-order valence-electron chi connectivity index (χ2n) is 4.73. The molecule has 1 heterocycles. The Morgan fingerprint density at radius 3 is 2.62 bits per heavy atom. The molecule has 1 N–H and O–H groups in total. The van der Waals surface area contributed by atoms with Crippen LogP contribution in [0.2, 0.25) is 0 Å². The smallest absolute Gasteiger partial charge is 0.138 e. The Morgan fingerprint density at radius 1 is 1.44 bits per heavy atom. The third-order valence-corrected chi connectivity index (χ3v) is 2.71. The van der Waals surface area contributed by atoms with E-state index in [2.05, 4.69) is 16.5 Å². The lowest BCUT2D eigenvalue weighted by Gasteiger charge is -2.14. The van der Waals surface area contributed by atoms with Crippen molar-refractivity contribution in [2.75, 3.05) is 6.54 Å². The zero-order valence-corrected chi connectivity index (χ0v) is 10.4. The highest BCUT2D eigenvalue weighted by molar-refractivity contribution is 5.20. The molecule has 0 bridgehead atoms. The van der Waals surface area contributed by atoms with Crippen molar-refractivity contribution in [3.63, 3.8) is 0 Å². The van der Waals surface area contributed by atoms with Crippen LogP contribution in [0.4, 0.5) is 0 Å². The number of aryl methyl sites for hydroxylation is 2. The van der Waals surface area contributed by atoms with E-state index in [1.165, 1.54) is 0 Å². The van der Waals surface area contributed by atoms with Crippen molar-refractivity contribution in [3.8, 4) is 6.07 Å². The highest BCUT2D eigenvalue weighted by Gasteiger charge is 2.16. The van der Waals surface area contributed by atoms with Gasteiger partial charge in [0, 0.05) is 12.1 Å². The van der Waals surface area contributed by atoms with E-state index in [4.69, 9.17) is 9.78 Å². The zero-order chi connectivity index (χ0) is 12.2. The van der Waals surface area contributed by atoms with Crippen molar-refractivity contribution in [3.05, 3.63) is 17.0 Å². The second kappa shape index (κ2) is 5.13. The molecular formula is C12H19N3O. The molecule has 16 heavy (non-hydrogen) atoms. The summed E-state index contributed by atoms with van der Waals surface area (Å²) in [6.45, 7) is 9.32. The molecule has 0 unspecified atom stereocenters. The van der Waals surface area contributed by atoms with Gasteiger partial charge in [-0.3, -0.25) is 0 Å². The molecule has 0 saturated carbocycles. The minimum absolute atomic E-state index is 0.258. The number of rotatable bonds is 5. The fraction of sp³-hybridized carbons (Fsp3) is 0.667. The third kappa shape index (κ3) is 3.35. The highest BCUT2D eigenvalue weighted by atomic mass is 16.5. The molecule has 0 amide bonds. The standard InChI is InChI=1S/C12H19N3O/c1-9-11(10(2)16-15-9)7-14-6-5-12(3,4)8-13/h14H,5-7H2,1-4H3. The zero-order valence-electron chi connectivity index (χ0n) is 10.4. The van der Waals surface area contributed by atoms with Gasteiger partial charge in [-0.2, -0.15) is 5.26 Å². The molecule has 0 saturated heterocycles. The number of hydrogen-bond donors (Lipinski definition) is 1. The fourth-order valence-electron chi connectivity index (χ4n) is 1.42. The topological polar surface area (TPSA) is 61.9 Å². The predicted molar refractivity (Wildman–Crippen MR) is 61.7 cm³/mol. The molecule has 1 aromatic rings. The summed E-state index contributed by atoms with van der Waals surface area (Å²) in [5, 5.41) is 16.1. The van der Waals surface area contributed by atoms with Crippen LogP contribution < -0.4 is 5.32 Å². The lowest BCUT2D eigenvalue weighted by Crippen LogP contribution is -2.21. The van der Waals surface area contributed by atoms with Crippen LogP contribution in [-0.4, -0.2) is 11.7 Å². The predicted octanol–water partition coefficient (Wildman–Crippen LogP) is 2.32. The monoisotopic (exact) mass is 221 g/mol. The van der Waals surface area contributed by atoms with Crippen LogP contribution in [0.5, 0.6) is 0 Å². The van der Waals surface area contributed by atoms with Crippen LogP contribution in [0, 0.1) is 30.6 Å². The molecule has 0 atom stereocenters. The molecule has 0 aliphatic heterocycles. The van der Waals surface area contributed by atoms with Gasteiger partial charge in [0.1, 0.15) is 5.76 Å². The van der Waals surface area contributed by atoms with Crippen LogP contribution in [0.25, 0.3) is 0 Å². The van der Waals surface area contributed by atoms with Gasteiger partial charge in [0.05, 0.1) is 17.2 Å². The molecule has 0 fully saturated rings. The van der Waals surface area contributed by atoms with Crippen LogP contribution >= 0.6 is 0 Å². The van der Waals surface area contributed by atoms with E-state index in [0.29, 0.717) is 0 Å². The molecule has 0 radical (unpaired) electrons. The Labute approximate surface area is 96.6 Å². The molecule has 1 aromatic heterocycles. The van der Waals surface area contributed by atoms with E-state index in [0.717, 1.165) is 36.5 Å². The lowest BCUT2D eigenvalue weighted by molar-refractivity contribution is 0.391. The molecule has 4 nitrogen and oxygen atoms in total. The molecule has 0 aromatic carbocycles. The van der Waals surface area contributed by atoms with Crippen molar-refractivity contribution >= 4 is 0 Å². The first-order valence-electron chi connectivity index (χ1n) is 5.50. The molecule has 88 valence electrons. The molecular weight excluding hydrogens is 202 g/mol. The van der Waals surface area contributed by atoms with Crippen molar-refractivity contribution < 1.29 is 4.52 Å². The average Bonchev–Trinajstić information content (AvgIpc) is 2.55. The number of nitrogens with one attached hydrogen (secondary N) is 1. The number of nitriles is 1. The summed E-state index contributed by atoms with van der Waals surface area (Å²) in [6.07, 6.45) is 0.840. The van der Waals surface area contributed by atoms with Gasteiger partial charge in [-0.05, 0) is 40.7 Å². The first kappa shape index (κ1) is 12.7. The van der Waals surface area contributed by atoms with Crippen LogP contribution in [-0.2, 0) is 6.54 Å². The largest absolute Gasteiger partial charge is 0.361 e. The minimum Gasteiger partial charge on any atom is -0.361 e. The molecule has 0 aliphatic rings. The Bertz CT molecular complexity index is 368. The maximum Gasteiger partial charge on any atom is 0.138 e. The third-order valence-electron chi connectivity index (χ3n) is 2.71. The average molecular weight is 221 g/mol. The van der Waals surface area contributed by atoms with Gasteiger partial charge >= 0.3 is 0 Å². The Kier molecular flexibility index (Phi) is 4.08. The molecule has 0 aliphatic carbocycles. The van der Waals surface area contributed by atoms with E-state index >= 15 is 0 Å². The van der Waals surface area contributed by atoms with Gasteiger partial charge < -0.3 is 9.84 Å². The molecule has 4 heteroatoms. The van der Waals surface area contributed by atoms with Crippen LogP contribution in [0.3, 0.4) is 0 Å². The minimum atomic E-state index is -0.258. The second-order valence-corrected chi connectivity index (χ2v) is 4.73. The number of hydrogen-bond acceptors (Lipinski definition) is 4. The summed E-state index contributed by atoms with van der Waals surface area (Å²) in [5.41, 5.74) is 1.80. The van der Waals surface area contributed by atoms with E-state index in [9.17, 15) is 0 Å². The van der Waals surface area contributed by atoms with Crippen molar-refractivity contribution in [1.29, 1.82) is 5.26 Å². The lowest BCUT2D eigenvalue weighted by atomic mass is 9.91. The molecule has 1 rings (SSSR count). The van der Waals surface area contributed by atoms with Crippen molar-refractivity contribution in [1.82, 2.24) is 10.5 Å². The summed E-state index contributed by atoms with van der Waals surface area (Å²) in [7, 11) is 0. The van der Waals surface area contributed by atoms with Crippen molar-refractivity contribution in [2.45, 2.75) is 40.7 Å². The highest BCUT2D eigenvalue weighted by Crippen LogP contribution is 2.17. The first-order valence-corrected chi connectivity index (χ1v) is 5.50. The Balaban J connectivity index is 2.35. The fourth-order valence-corrected chi connectivity index (χ4v) is 1.42. The quantitative estimate of drug-likeness (QED) is 0.775. The van der Waals surface area contributed by atoms with Gasteiger partial charge in [0.15, 0.2) is 0 Å². The van der Waals surface area contributed by atoms with Crippen LogP contribution in [0.15, 0.2) is 4.52 Å². The number of aromatic nitrogens is 1. The van der Waals surface area contributed by atoms with Gasteiger partial charge in [0.25, 0.3) is 0 Å². The van der Waals surface area contributed by atoms with Gasteiger partial charge in [-0.25, -0.2) is 0 Å². The summed E-state index contributed by atoms with van der Waals surface area (Å²) in [6, 6.07) is 2.29. The van der Waals surface area contributed by atoms with E-state index in [1.54, 1.807) is 0 Å². The summed E-state index contributed by atoms with van der Waals surface area (Å²) >= 11 is 0. The normalized spacial score (nSPS) is 11.4. The Hall–Kier alpha value is -1.34. The maximum absolute atomic E-state index is 8.86. The van der Waals surface area contributed by atoms with E-state index in [1.807, 2.05) is 27.7 Å². The van der Waals surface area contributed by atoms with Crippen molar-refractivity contribution in [2.24, 2.45) is 5.41 Å². The Morgan fingerprint density at radius 2 is 2.12 bits per heavy atom. The van der Waals surface area contributed by atoms with Gasteiger partial charge in [-0.1, -0.05) is 5.16 Å². The first-order chi connectivity index (χ1) is 7.46. The summed E-state index contributed by atoms with van der Waals surface area (Å²) < 4.78 is 5.07. The van der Waals surface area contributed by atoms with E-state index in [-0.39, 0.29) is 5.41 Å². The maximum atomic E-state index is 8.86. The number of nitrogens with zero attached hydrogens (tertiary/aromatic N) is 2. The van der Waals surface area contributed by atoms with Gasteiger partial charge in [0.2, 0.25) is 0 Å². The summed E-state index contributed by atoms with van der Waals surface area (Å²) in [5.74, 6) is 0.865. The molecule has 0 spiro atoms. The summed E-state index contributed by atoms with van der Waals surface area (Å²) in [4.78, 5) is 0. The SMILES string of the molecule is Cc1noc(C)c1CNCCC(C)(C)C#N. The van der Waals surface area contributed by atoms with Crippen LogP contribution in [0.1, 0.15) is 37.3 Å². The van der Waals surface area contributed by atoms with Gasteiger partial charge in [-0.15, -0.1) is 0 Å².